The van der Waals surface area contributed by atoms with Crippen molar-refractivity contribution in [2.45, 2.75) is 33.4 Å². The zero-order valence-electron chi connectivity index (χ0n) is 11.7. The fraction of sp³-hybridized carbons (Fsp3) is 0.357. The van der Waals surface area contributed by atoms with Crippen LogP contribution in [0.3, 0.4) is 0 Å². The van der Waals surface area contributed by atoms with Crippen LogP contribution in [0.2, 0.25) is 0 Å². The Bertz CT molecular complexity index is 593. The van der Waals surface area contributed by atoms with Crippen LogP contribution in [-0.2, 0) is 28.6 Å². The zero-order chi connectivity index (χ0) is 15.6. The molecule has 0 saturated carbocycles. The molecule has 0 N–H and O–H groups in total. The predicted molar refractivity (Wildman–Crippen MR) is 67.9 cm³/mol. The Morgan fingerprint density at radius 2 is 1.48 bits per heavy atom. The fourth-order valence-corrected chi connectivity index (χ4v) is 1.94. The van der Waals surface area contributed by atoms with E-state index in [0.29, 0.717) is 11.1 Å². The average Bonchev–Trinajstić information content (AvgIpc) is 2.65. The number of hydrogen-bond donors (Lipinski definition) is 0. The summed E-state index contributed by atoms with van der Waals surface area (Å²) in [5, 5.41) is 0. The highest BCUT2D eigenvalue weighted by molar-refractivity contribution is 5.70. The molecule has 0 aromatic heterocycles. The molecular weight excluding hydrogens is 280 g/mol. The van der Waals surface area contributed by atoms with Gasteiger partial charge in [0.2, 0.25) is 12.6 Å². The van der Waals surface area contributed by atoms with Crippen LogP contribution in [0.5, 0.6) is 5.75 Å². The van der Waals surface area contributed by atoms with Gasteiger partial charge in [0.05, 0.1) is 0 Å². The normalized spacial score (nSPS) is 19.6. The maximum Gasteiger partial charge on any atom is 0.308 e. The van der Waals surface area contributed by atoms with Gasteiger partial charge in [-0.25, -0.2) is 0 Å². The molecule has 0 spiro atoms. The maximum atomic E-state index is 11.1. The number of benzene rings is 1. The van der Waals surface area contributed by atoms with Crippen molar-refractivity contribution in [2.24, 2.45) is 0 Å². The van der Waals surface area contributed by atoms with Gasteiger partial charge in [-0.15, -0.1) is 0 Å². The van der Waals surface area contributed by atoms with Gasteiger partial charge in [-0.2, -0.15) is 0 Å². The maximum absolute atomic E-state index is 11.1. The minimum Gasteiger partial charge on any atom is -0.431 e. The van der Waals surface area contributed by atoms with Crippen molar-refractivity contribution in [3.63, 3.8) is 0 Å². The number of esters is 3. The van der Waals surface area contributed by atoms with E-state index in [4.69, 9.17) is 18.9 Å². The van der Waals surface area contributed by atoms with Crippen molar-refractivity contribution in [3.05, 3.63) is 29.3 Å². The van der Waals surface area contributed by atoms with E-state index in [0.717, 1.165) is 0 Å². The van der Waals surface area contributed by atoms with Crippen molar-refractivity contribution in [3.8, 4) is 5.75 Å². The van der Waals surface area contributed by atoms with Gasteiger partial charge in [0.25, 0.3) is 0 Å². The Labute approximate surface area is 120 Å². The molecule has 7 heteroatoms. The van der Waals surface area contributed by atoms with Crippen molar-refractivity contribution in [2.75, 3.05) is 0 Å². The van der Waals surface area contributed by atoms with Crippen molar-refractivity contribution in [1.82, 2.24) is 0 Å². The molecule has 1 aliphatic rings. The van der Waals surface area contributed by atoms with Crippen molar-refractivity contribution < 1.29 is 33.3 Å². The second-order valence-corrected chi connectivity index (χ2v) is 4.40. The Hall–Kier alpha value is -2.41. The highest BCUT2D eigenvalue weighted by Gasteiger charge is 2.36. The quantitative estimate of drug-likeness (QED) is 0.620. The third-order valence-corrected chi connectivity index (χ3v) is 2.62. The first kappa shape index (κ1) is 15.0. The van der Waals surface area contributed by atoms with Crippen molar-refractivity contribution in [1.29, 1.82) is 0 Å². The summed E-state index contributed by atoms with van der Waals surface area (Å²) < 4.78 is 20.4. The zero-order valence-corrected chi connectivity index (χ0v) is 11.7. The van der Waals surface area contributed by atoms with Gasteiger partial charge < -0.3 is 14.2 Å². The number of carbonyl (C=O) groups excluding carboxylic acids is 3. The average molecular weight is 294 g/mol. The summed E-state index contributed by atoms with van der Waals surface area (Å²) >= 11 is 0. The monoisotopic (exact) mass is 294 g/mol. The number of fused-ring (bicyclic) bond motifs is 1. The first-order valence-electron chi connectivity index (χ1n) is 6.19. The molecule has 0 unspecified atom stereocenters. The van der Waals surface area contributed by atoms with E-state index in [1.54, 1.807) is 6.07 Å². The minimum absolute atomic E-state index is 0.283. The van der Waals surface area contributed by atoms with E-state index in [1.807, 2.05) is 0 Å². The summed E-state index contributed by atoms with van der Waals surface area (Å²) in [5.41, 5.74) is 1.00. The molecular formula is C14H14O7. The van der Waals surface area contributed by atoms with Crippen molar-refractivity contribution >= 4 is 17.9 Å². The van der Waals surface area contributed by atoms with Gasteiger partial charge in [-0.1, -0.05) is 0 Å². The van der Waals surface area contributed by atoms with E-state index in [1.165, 1.54) is 32.9 Å². The summed E-state index contributed by atoms with van der Waals surface area (Å²) in [6, 6.07) is 4.63. The van der Waals surface area contributed by atoms with Gasteiger partial charge in [0, 0.05) is 31.9 Å². The molecule has 1 heterocycles. The lowest BCUT2D eigenvalue weighted by molar-refractivity contribution is -0.227. The first-order chi connectivity index (χ1) is 9.86. The van der Waals surface area contributed by atoms with Crippen LogP contribution >= 0.6 is 0 Å². The van der Waals surface area contributed by atoms with Crippen LogP contribution in [0.15, 0.2) is 18.2 Å². The van der Waals surface area contributed by atoms with E-state index in [-0.39, 0.29) is 5.75 Å². The Morgan fingerprint density at radius 1 is 0.905 bits per heavy atom. The van der Waals surface area contributed by atoms with E-state index in [2.05, 4.69) is 0 Å². The van der Waals surface area contributed by atoms with E-state index >= 15 is 0 Å². The minimum atomic E-state index is -1.02. The number of hydrogen-bond acceptors (Lipinski definition) is 7. The van der Waals surface area contributed by atoms with Gasteiger partial charge in [0.1, 0.15) is 5.75 Å². The lowest BCUT2D eigenvalue weighted by Crippen LogP contribution is -2.10. The smallest absolute Gasteiger partial charge is 0.308 e. The van der Waals surface area contributed by atoms with Gasteiger partial charge in [-0.05, 0) is 18.2 Å². The van der Waals surface area contributed by atoms with Crippen LogP contribution in [0.25, 0.3) is 0 Å². The number of rotatable bonds is 3. The lowest BCUT2D eigenvalue weighted by atomic mass is 10.1. The molecule has 0 fully saturated rings. The SMILES string of the molecule is CC(=O)Oc1ccc2c(c1)[C@@H](OC(C)=O)O[C@H]2OC(C)=O. The molecule has 1 aliphatic heterocycles. The molecule has 7 nitrogen and oxygen atoms in total. The van der Waals surface area contributed by atoms with Gasteiger partial charge >= 0.3 is 17.9 Å². The highest BCUT2D eigenvalue weighted by Crippen LogP contribution is 2.42. The third-order valence-electron chi connectivity index (χ3n) is 2.62. The van der Waals surface area contributed by atoms with Crippen LogP contribution in [0, 0.1) is 0 Å². The topological polar surface area (TPSA) is 88.1 Å². The largest absolute Gasteiger partial charge is 0.431 e. The number of carbonyl (C=O) groups is 3. The van der Waals surface area contributed by atoms with E-state index < -0.39 is 30.5 Å². The fourth-order valence-electron chi connectivity index (χ4n) is 1.94. The summed E-state index contributed by atoms with van der Waals surface area (Å²) in [6.45, 7) is 3.75. The predicted octanol–water partition coefficient (Wildman–Crippen LogP) is 1.77. The summed E-state index contributed by atoms with van der Waals surface area (Å²) in [6.07, 6.45) is -1.98. The molecule has 2 atom stereocenters. The summed E-state index contributed by atoms with van der Waals surface area (Å²) in [4.78, 5) is 33.2. The Balaban J connectivity index is 2.33. The molecule has 112 valence electrons. The van der Waals surface area contributed by atoms with E-state index in [9.17, 15) is 14.4 Å². The standard InChI is InChI=1S/C14H14O7/c1-7(15)18-10-4-5-11-12(6-10)14(20-9(3)17)21-13(11)19-8(2)16/h4-6,13-14H,1-3H3/t13-,14+/m1/s1. The second-order valence-electron chi connectivity index (χ2n) is 4.40. The lowest BCUT2D eigenvalue weighted by Gasteiger charge is -2.13. The molecule has 0 bridgehead atoms. The number of ether oxygens (including phenoxy) is 4. The molecule has 0 aliphatic carbocycles. The molecule has 1 aromatic rings. The Kier molecular flexibility index (Phi) is 4.23. The summed E-state index contributed by atoms with van der Waals surface area (Å²) in [5.74, 6) is -1.27. The molecule has 0 saturated heterocycles. The molecule has 1 aromatic carbocycles. The summed E-state index contributed by atoms with van der Waals surface area (Å²) in [7, 11) is 0. The molecule has 0 amide bonds. The van der Waals surface area contributed by atoms with Gasteiger partial charge in [-0.3, -0.25) is 19.1 Å². The highest BCUT2D eigenvalue weighted by atomic mass is 16.8. The Morgan fingerprint density at radius 3 is 2.00 bits per heavy atom. The second kappa shape index (κ2) is 5.92. The van der Waals surface area contributed by atoms with Crippen LogP contribution in [0.4, 0.5) is 0 Å². The molecule has 2 rings (SSSR count). The van der Waals surface area contributed by atoms with Crippen LogP contribution in [0.1, 0.15) is 44.5 Å². The molecule has 21 heavy (non-hydrogen) atoms. The third kappa shape index (κ3) is 3.57. The first-order valence-corrected chi connectivity index (χ1v) is 6.19. The van der Waals surface area contributed by atoms with Crippen LogP contribution < -0.4 is 4.74 Å². The van der Waals surface area contributed by atoms with Gasteiger partial charge in [0.15, 0.2) is 0 Å². The molecule has 0 radical (unpaired) electrons. The van der Waals surface area contributed by atoms with Crippen LogP contribution in [-0.4, -0.2) is 17.9 Å².